The zero-order valence-corrected chi connectivity index (χ0v) is 13.7. The topological polar surface area (TPSA) is 35.6 Å². The molecule has 1 aliphatic rings. The summed E-state index contributed by atoms with van der Waals surface area (Å²) in [4.78, 5) is 16.3. The van der Waals surface area contributed by atoms with Crippen molar-refractivity contribution in [2.24, 2.45) is 0 Å². The van der Waals surface area contributed by atoms with Crippen molar-refractivity contribution < 1.29 is 4.79 Å². The zero-order valence-electron chi connectivity index (χ0n) is 13.7. The number of urea groups is 1. The molecule has 0 saturated carbocycles. The summed E-state index contributed by atoms with van der Waals surface area (Å²) in [7, 11) is 2.10. The molecule has 0 saturated heterocycles. The Hall–Kier alpha value is -1.81. The predicted octanol–water partition coefficient (Wildman–Crippen LogP) is 2.52. The van der Waals surface area contributed by atoms with Crippen LogP contribution in [0.2, 0.25) is 0 Å². The molecule has 1 heterocycles. The molecule has 1 aliphatic heterocycles. The van der Waals surface area contributed by atoms with Crippen molar-refractivity contribution >= 4 is 6.03 Å². The first-order valence-corrected chi connectivity index (χ1v) is 8.14. The number of nitrogens with one attached hydrogen (secondary N) is 1. The highest BCUT2D eigenvalue weighted by Gasteiger charge is 2.22. The van der Waals surface area contributed by atoms with Crippen molar-refractivity contribution in [3.63, 3.8) is 0 Å². The molecule has 1 N–H and O–H groups in total. The highest BCUT2D eigenvalue weighted by atomic mass is 16.2. The second-order valence-electron chi connectivity index (χ2n) is 5.83. The number of carbonyl (C=O) groups is 1. The van der Waals surface area contributed by atoms with E-state index >= 15 is 0 Å². The normalized spacial score (nSPS) is 17.2. The molecule has 4 nitrogen and oxygen atoms in total. The van der Waals surface area contributed by atoms with Crippen LogP contribution in [0, 0.1) is 0 Å². The Labute approximate surface area is 133 Å². The summed E-state index contributed by atoms with van der Waals surface area (Å²) in [5, 5.41) is 3.02. The zero-order chi connectivity index (χ0) is 15.8. The molecule has 4 heteroatoms. The van der Waals surface area contributed by atoms with Crippen molar-refractivity contribution in [1.29, 1.82) is 0 Å². The fourth-order valence-corrected chi connectivity index (χ4v) is 2.69. The van der Waals surface area contributed by atoms with Gasteiger partial charge < -0.3 is 15.1 Å². The number of amides is 2. The van der Waals surface area contributed by atoms with E-state index in [9.17, 15) is 4.79 Å². The summed E-state index contributed by atoms with van der Waals surface area (Å²) < 4.78 is 0. The number of benzene rings is 1. The predicted molar refractivity (Wildman–Crippen MR) is 91.0 cm³/mol. The Morgan fingerprint density at radius 3 is 2.82 bits per heavy atom. The summed E-state index contributed by atoms with van der Waals surface area (Å²) in [5.74, 6) is 0. The van der Waals surface area contributed by atoms with Crippen LogP contribution in [0.1, 0.15) is 18.9 Å². The lowest BCUT2D eigenvalue weighted by atomic mass is 10.1. The minimum atomic E-state index is 0.0494. The summed E-state index contributed by atoms with van der Waals surface area (Å²) in [6.07, 6.45) is 6.20. The van der Waals surface area contributed by atoms with Gasteiger partial charge in [0.2, 0.25) is 0 Å². The standard InChI is InChI=1S/C18H27N3O/c1-3-17-10-7-13-21(17)18(22)19-12-15-20(2)14-11-16-8-5-4-6-9-16/h4-10,17H,3,11-15H2,1-2H3,(H,19,22)/t17-/m0/s1. The fourth-order valence-electron chi connectivity index (χ4n) is 2.69. The van der Waals surface area contributed by atoms with Crippen molar-refractivity contribution in [1.82, 2.24) is 15.1 Å². The van der Waals surface area contributed by atoms with Gasteiger partial charge in [-0.2, -0.15) is 0 Å². The number of likely N-dealkylation sites (N-methyl/N-ethyl adjacent to an activating group) is 1. The minimum absolute atomic E-state index is 0.0494. The Morgan fingerprint density at radius 1 is 1.32 bits per heavy atom. The Balaban J connectivity index is 1.62. The van der Waals surface area contributed by atoms with Crippen LogP contribution >= 0.6 is 0 Å². The highest BCUT2D eigenvalue weighted by Crippen LogP contribution is 2.12. The van der Waals surface area contributed by atoms with E-state index in [1.54, 1.807) is 0 Å². The molecule has 1 aromatic carbocycles. The van der Waals surface area contributed by atoms with Crippen molar-refractivity contribution in [3.8, 4) is 0 Å². The molecule has 0 fully saturated rings. The molecule has 0 bridgehead atoms. The van der Waals surface area contributed by atoms with Gasteiger partial charge in [0.1, 0.15) is 0 Å². The Kier molecular flexibility index (Phi) is 6.46. The Morgan fingerprint density at radius 2 is 2.09 bits per heavy atom. The van der Waals surface area contributed by atoms with E-state index in [1.807, 2.05) is 11.0 Å². The molecule has 0 spiro atoms. The van der Waals surface area contributed by atoms with Crippen LogP contribution < -0.4 is 5.32 Å². The maximum Gasteiger partial charge on any atom is 0.318 e. The van der Waals surface area contributed by atoms with Crippen molar-refractivity contribution in [3.05, 3.63) is 48.0 Å². The summed E-state index contributed by atoms with van der Waals surface area (Å²) in [6, 6.07) is 10.8. The third-order valence-electron chi connectivity index (χ3n) is 4.13. The van der Waals surface area contributed by atoms with Crippen LogP contribution in [0.15, 0.2) is 42.5 Å². The molecule has 0 aliphatic carbocycles. The van der Waals surface area contributed by atoms with Crippen LogP contribution in [0.25, 0.3) is 0 Å². The van der Waals surface area contributed by atoms with Crippen LogP contribution in [0.5, 0.6) is 0 Å². The van der Waals surface area contributed by atoms with E-state index in [4.69, 9.17) is 0 Å². The van der Waals surface area contributed by atoms with Gasteiger partial charge >= 0.3 is 6.03 Å². The molecule has 2 rings (SSSR count). The lowest BCUT2D eigenvalue weighted by Gasteiger charge is -2.24. The molecule has 0 unspecified atom stereocenters. The van der Waals surface area contributed by atoms with Gasteiger partial charge in [-0.1, -0.05) is 49.4 Å². The number of rotatable bonds is 7. The second-order valence-corrected chi connectivity index (χ2v) is 5.83. The van der Waals surface area contributed by atoms with Crippen molar-refractivity contribution in [2.45, 2.75) is 25.8 Å². The third-order valence-corrected chi connectivity index (χ3v) is 4.13. The van der Waals surface area contributed by atoms with E-state index in [0.717, 1.165) is 32.5 Å². The molecule has 0 radical (unpaired) electrons. The quantitative estimate of drug-likeness (QED) is 0.786. The molecular weight excluding hydrogens is 274 g/mol. The summed E-state index contributed by atoms with van der Waals surface area (Å²) in [5.41, 5.74) is 1.35. The average Bonchev–Trinajstić information content (AvgIpc) is 3.02. The first-order chi connectivity index (χ1) is 10.7. The maximum atomic E-state index is 12.1. The molecule has 1 atom stereocenters. The van der Waals surface area contributed by atoms with Gasteiger partial charge in [0.15, 0.2) is 0 Å². The molecular formula is C18H27N3O. The van der Waals surface area contributed by atoms with Crippen LogP contribution in [0.3, 0.4) is 0 Å². The van der Waals surface area contributed by atoms with E-state index in [-0.39, 0.29) is 12.1 Å². The first kappa shape index (κ1) is 16.6. The highest BCUT2D eigenvalue weighted by molar-refractivity contribution is 5.75. The fraction of sp³-hybridized carbons (Fsp3) is 0.500. The second kappa shape index (κ2) is 8.59. The number of hydrogen-bond acceptors (Lipinski definition) is 2. The van der Waals surface area contributed by atoms with E-state index < -0.39 is 0 Å². The first-order valence-electron chi connectivity index (χ1n) is 8.14. The average molecular weight is 301 g/mol. The largest absolute Gasteiger partial charge is 0.337 e. The van der Waals surface area contributed by atoms with Gasteiger partial charge in [-0.05, 0) is 25.5 Å². The molecule has 0 aromatic heterocycles. The molecule has 2 amide bonds. The van der Waals surface area contributed by atoms with Crippen LogP contribution in [-0.4, -0.2) is 55.1 Å². The van der Waals surface area contributed by atoms with Gasteiger partial charge in [-0.15, -0.1) is 0 Å². The van der Waals surface area contributed by atoms with Crippen molar-refractivity contribution in [2.75, 3.05) is 33.2 Å². The van der Waals surface area contributed by atoms with E-state index in [1.165, 1.54) is 5.56 Å². The number of carbonyl (C=O) groups excluding carboxylic acids is 1. The minimum Gasteiger partial charge on any atom is -0.337 e. The van der Waals surface area contributed by atoms with Gasteiger partial charge in [0.25, 0.3) is 0 Å². The molecule has 120 valence electrons. The van der Waals surface area contributed by atoms with Crippen LogP contribution in [0.4, 0.5) is 4.79 Å². The van der Waals surface area contributed by atoms with Gasteiger partial charge in [-0.3, -0.25) is 0 Å². The smallest absolute Gasteiger partial charge is 0.318 e. The van der Waals surface area contributed by atoms with E-state index in [0.29, 0.717) is 6.54 Å². The van der Waals surface area contributed by atoms with Gasteiger partial charge in [-0.25, -0.2) is 4.79 Å². The lowest BCUT2D eigenvalue weighted by Crippen LogP contribution is -2.45. The SMILES string of the molecule is CC[C@H]1C=CCN1C(=O)NCCN(C)CCc1ccccc1. The third kappa shape index (κ3) is 4.88. The van der Waals surface area contributed by atoms with Gasteiger partial charge in [0.05, 0.1) is 6.04 Å². The van der Waals surface area contributed by atoms with E-state index in [2.05, 4.69) is 60.6 Å². The monoisotopic (exact) mass is 301 g/mol. The summed E-state index contributed by atoms with van der Waals surface area (Å²) in [6.45, 7) is 5.41. The molecule has 22 heavy (non-hydrogen) atoms. The summed E-state index contributed by atoms with van der Waals surface area (Å²) >= 11 is 0. The maximum absolute atomic E-state index is 12.1. The number of hydrogen-bond donors (Lipinski definition) is 1. The Bertz CT molecular complexity index is 486. The number of nitrogens with zero attached hydrogens (tertiary/aromatic N) is 2. The molecule has 1 aromatic rings. The van der Waals surface area contributed by atoms with Gasteiger partial charge in [0, 0.05) is 26.2 Å². The van der Waals surface area contributed by atoms with Crippen LogP contribution in [-0.2, 0) is 6.42 Å². The lowest BCUT2D eigenvalue weighted by molar-refractivity contribution is 0.194.